The number of allylic oxidation sites excluding steroid dienone is 1. The summed E-state index contributed by atoms with van der Waals surface area (Å²) in [5.41, 5.74) is 1.47. The molecule has 1 amide bonds. The third-order valence-electron chi connectivity index (χ3n) is 4.51. The summed E-state index contributed by atoms with van der Waals surface area (Å²) in [6.07, 6.45) is 4.15. The molecule has 0 bridgehead atoms. The smallest absolute Gasteiger partial charge is 0.336 e. The molecule has 7 nitrogen and oxygen atoms in total. The van der Waals surface area contributed by atoms with E-state index in [0.717, 1.165) is 34.8 Å². The van der Waals surface area contributed by atoms with Crippen molar-refractivity contribution in [1.29, 1.82) is 0 Å². The molecule has 2 aromatic heterocycles. The summed E-state index contributed by atoms with van der Waals surface area (Å²) in [6, 6.07) is 6.81. The van der Waals surface area contributed by atoms with Crippen LogP contribution in [0.15, 0.2) is 51.3 Å². The van der Waals surface area contributed by atoms with Crippen LogP contribution < -0.4 is 10.9 Å². The standard InChI is InChI=1S/C20H20N4O3S/c1-3-8-24-19(13-4-5-13)22-23-20(24)28-11-14-9-18(26)27-17-10-15(21-12(2)25)6-7-16(14)17/h3,6-7,9-10,13H,1,4-5,8,11H2,2H3,(H,21,25). The number of hydrogen-bond donors (Lipinski definition) is 1. The van der Waals surface area contributed by atoms with Crippen LogP contribution in [-0.4, -0.2) is 20.7 Å². The SMILES string of the molecule is C=CCn1c(SCc2cc(=O)oc3cc(NC(C)=O)ccc23)nnc1C1CC1. The summed E-state index contributed by atoms with van der Waals surface area (Å²) in [6.45, 7) is 5.93. The molecule has 1 aliphatic rings. The molecule has 0 saturated heterocycles. The Morgan fingerprint density at radius 3 is 2.93 bits per heavy atom. The van der Waals surface area contributed by atoms with Gasteiger partial charge in [-0.2, -0.15) is 0 Å². The first-order chi connectivity index (χ1) is 13.5. The molecule has 0 atom stereocenters. The van der Waals surface area contributed by atoms with Gasteiger partial charge in [-0.25, -0.2) is 4.79 Å². The Kier molecular flexibility index (Phi) is 5.04. The number of fused-ring (bicyclic) bond motifs is 1. The van der Waals surface area contributed by atoms with E-state index in [2.05, 4.69) is 26.7 Å². The van der Waals surface area contributed by atoms with E-state index in [0.29, 0.717) is 29.5 Å². The van der Waals surface area contributed by atoms with Crippen molar-refractivity contribution in [3.05, 3.63) is 58.7 Å². The summed E-state index contributed by atoms with van der Waals surface area (Å²) in [5.74, 6) is 1.89. The number of carbonyl (C=O) groups is 1. The van der Waals surface area contributed by atoms with Crippen molar-refractivity contribution in [1.82, 2.24) is 14.8 Å². The van der Waals surface area contributed by atoms with E-state index in [1.807, 2.05) is 12.1 Å². The molecule has 0 radical (unpaired) electrons. The molecule has 0 unspecified atom stereocenters. The zero-order chi connectivity index (χ0) is 19.7. The zero-order valence-electron chi connectivity index (χ0n) is 15.5. The van der Waals surface area contributed by atoms with Crippen molar-refractivity contribution in [2.24, 2.45) is 0 Å². The van der Waals surface area contributed by atoms with Crippen LogP contribution in [0.25, 0.3) is 11.0 Å². The Balaban J connectivity index is 1.62. The maximum Gasteiger partial charge on any atom is 0.336 e. The monoisotopic (exact) mass is 396 g/mol. The average molecular weight is 396 g/mol. The number of carbonyl (C=O) groups excluding carboxylic acids is 1. The number of hydrogen-bond acceptors (Lipinski definition) is 6. The van der Waals surface area contributed by atoms with Crippen LogP contribution in [-0.2, 0) is 17.1 Å². The van der Waals surface area contributed by atoms with Crippen molar-refractivity contribution < 1.29 is 9.21 Å². The van der Waals surface area contributed by atoms with Gasteiger partial charge in [0.2, 0.25) is 5.91 Å². The predicted octanol–water partition coefficient (Wildman–Crippen LogP) is 3.70. The highest BCUT2D eigenvalue weighted by Crippen LogP contribution is 2.40. The molecular formula is C20H20N4O3S. The fraction of sp³-hybridized carbons (Fsp3) is 0.300. The Morgan fingerprint density at radius 1 is 1.39 bits per heavy atom. The topological polar surface area (TPSA) is 90.0 Å². The van der Waals surface area contributed by atoms with Crippen LogP contribution >= 0.6 is 11.8 Å². The van der Waals surface area contributed by atoms with Gasteiger partial charge >= 0.3 is 5.63 Å². The molecule has 4 rings (SSSR count). The lowest BCUT2D eigenvalue weighted by Gasteiger charge is -2.09. The van der Waals surface area contributed by atoms with Crippen molar-refractivity contribution in [2.45, 2.75) is 43.1 Å². The Morgan fingerprint density at radius 2 is 2.21 bits per heavy atom. The number of nitrogens with one attached hydrogen (secondary N) is 1. The van der Waals surface area contributed by atoms with Crippen molar-refractivity contribution >= 4 is 34.3 Å². The fourth-order valence-electron chi connectivity index (χ4n) is 3.12. The minimum absolute atomic E-state index is 0.179. The fourth-order valence-corrected chi connectivity index (χ4v) is 4.07. The van der Waals surface area contributed by atoms with Crippen LogP contribution in [0.1, 0.15) is 37.1 Å². The second-order valence-electron chi connectivity index (χ2n) is 6.79. The molecule has 1 N–H and O–H groups in total. The van der Waals surface area contributed by atoms with Crippen molar-refractivity contribution in [3.63, 3.8) is 0 Å². The zero-order valence-corrected chi connectivity index (χ0v) is 16.3. The van der Waals surface area contributed by atoms with Crippen LogP contribution in [0, 0.1) is 0 Å². The van der Waals surface area contributed by atoms with E-state index in [1.54, 1.807) is 12.1 Å². The summed E-state index contributed by atoms with van der Waals surface area (Å²) < 4.78 is 7.42. The van der Waals surface area contributed by atoms with Crippen molar-refractivity contribution in [3.8, 4) is 0 Å². The Hall–Kier alpha value is -2.87. The summed E-state index contributed by atoms with van der Waals surface area (Å²) in [7, 11) is 0. The Bertz CT molecular complexity index is 1110. The molecule has 0 aliphatic heterocycles. The van der Waals surface area contributed by atoms with Crippen LogP contribution in [0.3, 0.4) is 0 Å². The van der Waals surface area contributed by atoms with Crippen LogP contribution in [0.5, 0.6) is 0 Å². The molecule has 1 saturated carbocycles. The molecular weight excluding hydrogens is 376 g/mol. The molecule has 2 heterocycles. The molecule has 28 heavy (non-hydrogen) atoms. The third kappa shape index (κ3) is 3.87. The molecule has 1 aliphatic carbocycles. The number of anilines is 1. The lowest BCUT2D eigenvalue weighted by Crippen LogP contribution is -2.06. The molecule has 0 spiro atoms. The largest absolute Gasteiger partial charge is 0.423 e. The second kappa shape index (κ2) is 7.63. The van der Waals surface area contributed by atoms with E-state index in [9.17, 15) is 9.59 Å². The van der Waals surface area contributed by atoms with Gasteiger partial charge in [-0.1, -0.05) is 17.8 Å². The normalized spacial score (nSPS) is 13.6. The van der Waals surface area contributed by atoms with Gasteiger partial charge in [0.25, 0.3) is 0 Å². The molecule has 144 valence electrons. The number of amides is 1. The van der Waals surface area contributed by atoms with Crippen LogP contribution in [0.4, 0.5) is 5.69 Å². The highest BCUT2D eigenvalue weighted by atomic mass is 32.2. The summed E-state index contributed by atoms with van der Waals surface area (Å²) >= 11 is 1.54. The minimum Gasteiger partial charge on any atom is -0.423 e. The maximum atomic E-state index is 12.0. The van der Waals surface area contributed by atoms with Crippen LogP contribution in [0.2, 0.25) is 0 Å². The molecule has 3 aromatic rings. The number of rotatable bonds is 7. The molecule has 1 fully saturated rings. The van der Waals surface area contributed by atoms with E-state index in [1.165, 1.54) is 24.8 Å². The van der Waals surface area contributed by atoms with Gasteiger partial charge < -0.3 is 14.3 Å². The highest BCUT2D eigenvalue weighted by molar-refractivity contribution is 7.98. The van der Waals surface area contributed by atoms with Gasteiger partial charge in [-0.3, -0.25) is 4.79 Å². The number of benzene rings is 1. The highest BCUT2D eigenvalue weighted by Gasteiger charge is 2.30. The Labute approximate surface area is 165 Å². The number of thioether (sulfide) groups is 1. The molecule has 8 heteroatoms. The lowest BCUT2D eigenvalue weighted by molar-refractivity contribution is -0.114. The lowest BCUT2D eigenvalue weighted by atomic mass is 10.1. The first-order valence-corrected chi connectivity index (χ1v) is 10.0. The summed E-state index contributed by atoms with van der Waals surface area (Å²) in [4.78, 5) is 23.3. The maximum absolute atomic E-state index is 12.0. The van der Waals surface area contributed by atoms with Gasteiger partial charge in [-0.05, 0) is 30.5 Å². The molecule has 1 aromatic carbocycles. The van der Waals surface area contributed by atoms with E-state index in [4.69, 9.17) is 4.42 Å². The van der Waals surface area contributed by atoms with E-state index >= 15 is 0 Å². The van der Waals surface area contributed by atoms with Gasteiger partial charge in [-0.15, -0.1) is 16.8 Å². The number of aromatic nitrogens is 3. The van der Waals surface area contributed by atoms with Crippen molar-refractivity contribution in [2.75, 3.05) is 5.32 Å². The predicted molar refractivity (Wildman–Crippen MR) is 109 cm³/mol. The summed E-state index contributed by atoms with van der Waals surface area (Å²) in [5, 5.41) is 13.0. The minimum atomic E-state index is -0.422. The van der Waals surface area contributed by atoms with E-state index < -0.39 is 5.63 Å². The van der Waals surface area contributed by atoms with Gasteiger partial charge in [0.05, 0.1) is 0 Å². The first kappa shape index (κ1) is 18.5. The quantitative estimate of drug-likeness (QED) is 0.372. The van der Waals surface area contributed by atoms with E-state index in [-0.39, 0.29) is 5.91 Å². The number of nitrogens with zero attached hydrogens (tertiary/aromatic N) is 3. The van der Waals surface area contributed by atoms with Gasteiger partial charge in [0.15, 0.2) is 5.16 Å². The van der Waals surface area contributed by atoms with Gasteiger partial charge in [0, 0.05) is 48.3 Å². The van der Waals surface area contributed by atoms with Gasteiger partial charge in [0.1, 0.15) is 11.4 Å². The average Bonchev–Trinajstić information content (AvgIpc) is 3.41. The first-order valence-electron chi connectivity index (χ1n) is 9.06. The third-order valence-corrected chi connectivity index (χ3v) is 5.52. The second-order valence-corrected chi connectivity index (χ2v) is 7.73.